The van der Waals surface area contributed by atoms with Gasteiger partial charge in [-0.3, -0.25) is 4.57 Å². The van der Waals surface area contributed by atoms with E-state index < -0.39 is 5.76 Å². The molecule has 0 amide bonds. The van der Waals surface area contributed by atoms with E-state index in [1.165, 1.54) is 4.57 Å². The van der Waals surface area contributed by atoms with Gasteiger partial charge in [-0.2, -0.15) is 0 Å². The Morgan fingerprint density at radius 3 is 3.00 bits per heavy atom. The number of aromatic nitrogens is 1. The number of nitrogens with zero attached hydrogens (tertiary/aromatic N) is 1. The third kappa shape index (κ3) is 1.33. The summed E-state index contributed by atoms with van der Waals surface area (Å²) in [6.07, 6.45) is 0.636. The summed E-state index contributed by atoms with van der Waals surface area (Å²) in [4.78, 5) is 21.6. The van der Waals surface area contributed by atoms with Gasteiger partial charge in [-0.15, -0.1) is 0 Å². The zero-order valence-corrected chi connectivity index (χ0v) is 7.82. The van der Waals surface area contributed by atoms with Gasteiger partial charge in [0, 0.05) is 5.02 Å². The second-order valence-corrected chi connectivity index (χ2v) is 3.19. The number of hydrogen-bond acceptors (Lipinski definition) is 3. The average Bonchev–Trinajstić information content (AvgIpc) is 2.45. The molecule has 4 nitrogen and oxygen atoms in total. The van der Waals surface area contributed by atoms with Crippen LogP contribution in [-0.4, -0.2) is 10.9 Å². The fourth-order valence-corrected chi connectivity index (χ4v) is 1.45. The van der Waals surface area contributed by atoms with Crippen molar-refractivity contribution in [3.05, 3.63) is 33.8 Å². The van der Waals surface area contributed by atoms with Crippen molar-refractivity contribution in [2.24, 2.45) is 0 Å². The first-order valence-electron chi connectivity index (χ1n) is 3.95. The molecule has 0 unspecified atom stereocenters. The zero-order valence-electron chi connectivity index (χ0n) is 7.07. The van der Waals surface area contributed by atoms with Crippen LogP contribution >= 0.6 is 11.6 Å². The van der Waals surface area contributed by atoms with Gasteiger partial charge >= 0.3 is 5.76 Å². The number of carbonyl (C=O) groups excluding carboxylic acids is 1. The molecule has 14 heavy (non-hydrogen) atoms. The highest BCUT2D eigenvalue weighted by Gasteiger charge is 2.08. The minimum absolute atomic E-state index is 0.0217. The molecule has 0 spiro atoms. The number of carbonyl (C=O) groups is 1. The Morgan fingerprint density at radius 1 is 1.50 bits per heavy atom. The van der Waals surface area contributed by atoms with Crippen molar-refractivity contribution in [3.8, 4) is 0 Å². The molecule has 0 fully saturated rings. The predicted molar refractivity (Wildman–Crippen MR) is 51.5 cm³/mol. The van der Waals surface area contributed by atoms with Crippen LogP contribution < -0.4 is 5.76 Å². The summed E-state index contributed by atoms with van der Waals surface area (Å²) in [5, 5.41) is 0.498. The summed E-state index contributed by atoms with van der Waals surface area (Å²) >= 11 is 5.75. The zero-order chi connectivity index (χ0) is 10.1. The monoisotopic (exact) mass is 211 g/mol. The molecule has 0 saturated heterocycles. The number of oxazole rings is 1. The summed E-state index contributed by atoms with van der Waals surface area (Å²) in [6, 6.07) is 4.81. The highest BCUT2D eigenvalue weighted by molar-refractivity contribution is 6.31. The standard InChI is InChI=1S/C9H6ClNO3/c10-6-1-2-8-7(5-6)11(3-4-12)9(13)14-8/h1-2,4-5H,3H2. The van der Waals surface area contributed by atoms with Gasteiger partial charge in [0.2, 0.25) is 0 Å². The summed E-state index contributed by atoms with van der Waals surface area (Å²) in [7, 11) is 0. The summed E-state index contributed by atoms with van der Waals surface area (Å²) in [5.74, 6) is -0.547. The van der Waals surface area contributed by atoms with Gasteiger partial charge in [0.25, 0.3) is 0 Å². The largest absolute Gasteiger partial charge is 0.420 e. The van der Waals surface area contributed by atoms with Gasteiger partial charge in [0.15, 0.2) is 5.58 Å². The minimum Gasteiger partial charge on any atom is -0.408 e. The molecule has 1 heterocycles. The fraction of sp³-hybridized carbons (Fsp3) is 0.111. The predicted octanol–water partition coefficient (Wildman–Crippen LogP) is 1.45. The Bertz CT molecular complexity index is 540. The van der Waals surface area contributed by atoms with Crippen LogP contribution in [-0.2, 0) is 11.3 Å². The Balaban J connectivity index is 2.79. The highest BCUT2D eigenvalue weighted by atomic mass is 35.5. The molecule has 0 aliphatic heterocycles. The van der Waals surface area contributed by atoms with E-state index in [1.54, 1.807) is 18.2 Å². The van der Waals surface area contributed by atoms with Crippen molar-refractivity contribution < 1.29 is 9.21 Å². The van der Waals surface area contributed by atoms with Crippen molar-refractivity contribution >= 4 is 29.0 Å². The lowest BCUT2D eigenvalue weighted by molar-refractivity contribution is -0.108. The first kappa shape index (κ1) is 9.02. The van der Waals surface area contributed by atoms with Crippen LogP contribution in [0.3, 0.4) is 0 Å². The lowest BCUT2D eigenvalue weighted by Crippen LogP contribution is -2.14. The van der Waals surface area contributed by atoms with E-state index in [-0.39, 0.29) is 6.54 Å². The molecule has 72 valence electrons. The molecular weight excluding hydrogens is 206 g/mol. The topological polar surface area (TPSA) is 52.2 Å². The first-order valence-corrected chi connectivity index (χ1v) is 4.32. The van der Waals surface area contributed by atoms with Crippen molar-refractivity contribution in [2.75, 3.05) is 0 Å². The fourth-order valence-electron chi connectivity index (χ4n) is 1.28. The highest BCUT2D eigenvalue weighted by Crippen LogP contribution is 2.17. The summed E-state index contributed by atoms with van der Waals surface area (Å²) in [6.45, 7) is -0.0217. The first-order chi connectivity index (χ1) is 6.72. The quantitative estimate of drug-likeness (QED) is 0.707. The number of halogens is 1. The molecule has 2 aromatic rings. The third-order valence-electron chi connectivity index (χ3n) is 1.89. The Kier molecular flexibility index (Phi) is 2.13. The SMILES string of the molecule is O=CCn1c(=O)oc2ccc(Cl)cc21. The van der Waals surface area contributed by atoms with Gasteiger partial charge in [-0.25, -0.2) is 4.79 Å². The maximum absolute atomic E-state index is 11.2. The van der Waals surface area contributed by atoms with E-state index in [0.717, 1.165) is 0 Å². The van der Waals surface area contributed by atoms with Gasteiger partial charge in [-0.05, 0) is 18.2 Å². The number of rotatable bonds is 2. The van der Waals surface area contributed by atoms with Crippen LogP contribution in [0.2, 0.25) is 5.02 Å². The van der Waals surface area contributed by atoms with E-state index in [0.29, 0.717) is 22.4 Å². The lowest BCUT2D eigenvalue weighted by Gasteiger charge is -1.94. The van der Waals surface area contributed by atoms with Gasteiger partial charge in [-0.1, -0.05) is 11.6 Å². The van der Waals surface area contributed by atoms with Crippen LogP contribution in [0.1, 0.15) is 0 Å². The molecule has 0 atom stereocenters. The van der Waals surface area contributed by atoms with E-state index in [2.05, 4.69) is 0 Å². The number of fused-ring (bicyclic) bond motifs is 1. The lowest BCUT2D eigenvalue weighted by atomic mass is 10.3. The molecule has 0 bridgehead atoms. The minimum atomic E-state index is -0.547. The molecule has 0 aliphatic carbocycles. The van der Waals surface area contributed by atoms with Crippen molar-refractivity contribution in [3.63, 3.8) is 0 Å². The normalized spacial score (nSPS) is 10.6. The van der Waals surface area contributed by atoms with Crippen LogP contribution in [0.15, 0.2) is 27.4 Å². The van der Waals surface area contributed by atoms with E-state index in [4.69, 9.17) is 16.0 Å². The Morgan fingerprint density at radius 2 is 2.29 bits per heavy atom. The van der Waals surface area contributed by atoms with Gasteiger partial charge in [0.1, 0.15) is 6.29 Å². The van der Waals surface area contributed by atoms with Crippen molar-refractivity contribution in [2.45, 2.75) is 6.54 Å². The Labute approximate surface area is 83.7 Å². The maximum Gasteiger partial charge on any atom is 0.420 e. The van der Waals surface area contributed by atoms with Crippen LogP contribution in [0.25, 0.3) is 11.1 Å². The molecular formula is C9H6ClNO3. The molecule has 5 heteroatoms. The van der Waals surface area contributed by atoms with Crippen molar-refractivity contribution in [1.82, 2.24) is 4.57 Å². The van der Waals surface area contributed by atoms with Crippen molar-refractivity contribution in [1.29, 1.82) is 0 Å². The molecule has 0 N–H and O–H groups in total. The number of benzene rings is 1. The van der Waals surface area contributed by atoms with E-state index in [1.807, 2.05) is 0 Å². The van der Waals surface area contributed by atoms with Gasteiger partial charge in [0.05, 0.1) is 12.1 Å². The number of aldehydes is 1. The molecule has 0 aliphatic rings. The second-order valence-electron chi connectivity index (χ2n) is 2.76. The van der Waals surface area contributed by atoms with Crippen LogP contribution in [0, 0.1) is 0 Å². The maximum atomic E-state index is 11.2. The number of hydrogen-bond donors (Lipinski definition) is 0. The summed E-state index contributed by atoms with van der Waals surface area (Å²) in [5.41, 5.74) is 0.968. The van der Waals surface area contributed by atoms with Crippen LogP contribution in [0.5, 0.6) is 0 Å². The van der Waals surface area contributed by atoms with E-state index in [9.17, 15) is 9.59 Å². The molecule has 0 radical (unpaired) electrons. The second kappa shape index (κ2) is 3.31. The summed E-state index contributed by atoms with van der Waals surface area (Å²) < 4.78 is 6.13. The Hall–Kier alpha value is -1.55. The van der Waals surface area contributed by atoms with Gasteiger partial charge < -0.3 is 9.21 Å². The molecule has 2 rings (SSSR count). The molecule has 1 aromatic carbocycles. The van der Waals surface area contributed by atoms with Crippen LogP contribution in [0.4, 0.5) is 0 Å². The smallest absolute Gasteiger partial charge is 0.408 e. The molecule has 1 aromatic heterocycles. The average molecular weight is 212 g/mol. The third-order valence-corrected chi connectivity index (χ3v) is 2.12. The molecule has 0 saturated carbocycles. The van der Waals surface area contributed by atoms with E-state index >= 15 is 0 Å².